The summed E-state index contributed by atoms with van der Waals surface area (Å²) in [5.41, 5.74) is 1.80. The fraction of sp³-hybridized carbons (Fsp3) is 0.579. The normalized spacial score (nSPS) is 24.8. The summed E-state index contributed by atoms with van der Waals surface area (Å²) in [4.78, 5) is 12.4. The number of rotatable bonds is 4. The van der Waals surface area contributed by atoms with Crippen molar-refractivity contribution in [1.29, 1.82) is 5.26 Å². The molecule has 0 bridgehead atoms. The van der Waals surface area contributed by atoms with E-state index in [0.29, 0.717) is 18.3 Å². The van der Waals surface area contributed by atoms with Gasteiger partial charge in [0.25, 0.3) is 0 Å². The van der Waals surface area contributed by atoms with Crippen molar-refractivity contribution in [1.82, 2.24) is 0 Å². The lowest BCUT2D eigenvalue weighted by atomic mass is 9.70. The van der Waals surface area contributed by atoms with Gasteiger partial charge in [-0.3, -0.25) is 4.79 Å². The van der Waals surface area contributed by atoms with Crippen LogP contribution in [0, 0.1) is 35.0 Å². The molecule has 3 heteroatoms. The Labute approximate surface area is 133 Å². The van der Waals surface area contributed by atoms with Gasteiger partial charge in [0.05, 0.1) is 12.5 Å². The topological polar surface area (TPSA) is 52.9 Å². The second-order valence-corrected chi connectivity index (χ2v) is 6.92. The van der Waals surface area contributed by atoms with Gasteiger partial charge in [-0.25, -0.2) is 0 Å². The third kappa shape index (κ3) is 4.10. The van der Waals surface area contributed by atoms with Crippen molar-refractivity contribution in [3.63, 3.8) is 0 Å². The van der Waals surface area contributed by atoms with Gasteiger partial charge in [-0.1, -0.05) is 32.9 Å². The number of amides is 1. The number of carbonyl (C=O) groups is 1. The van der Waals surface area contributed by atoms with Crippen molar-refractivity contribution in [2.24, 2.45) is 23.7 Å². The van der Waals surface area contributed by atoms with Crippen molar-refractivity contribution >= 4 is 11.6 Å². The zero-order valence-electron chi connectivity index (χ0n) is 13.8. The molecule has 0 spiro atoms. The van der Waals surface area contributed by atoms with Crippen molar-refractivity contribution in [3.05, 3.63) is 29.8 Å². The first-order chi connectivity index (χ1) is 10.5. The molecule has 1 aromatic carbocycles. The second kappa shape index (κ2) is 7.45. The number of hydrogen-bond donors (Lipinski definition) is 1. The first-order valence-corrected chi connectivity index (χ1v) is 8.28. The average molecular weight is 298 g/mol. The van der Waals surface area contributed by atoms with Crippen LogP contribution in [0.25, 0.3) is 0 Å². The summed E-state index contributed by atoms with van der Waals surface area (Å²) in [5, 5.41) is 11.7. The maximum atomic E-state index is 12.4. The summed E-state index contributed by atoms with van der Waals surface area (Å²) >= 11 is 0. The lowest BCUT2D eigenvalue weighted by molar-refractivity contribution is -0.121. The van der Waals surface area contributed by atoms with Gasteiger partial charge in [0.2, 0.25) is 5.91 Å². The summed E-state index contributed by atoms with van der Waals surface area (Å²) in [6.07, 6.45) is 3.54. The minimum atomic E-state index is 0.129. The van der Waals surface area contributed by atoms with Gasteiger partial charge >= 0.3 is 0 Å². The molecule has 3 atom stereocenters. The zero-order chi connectivity index (χ0) is 16.1. The second-order valence-electron chi connectivity index (χ2n) is 6.92. The molecule has 1 aromatic rings. The number of anilines is 1. The first kappa shape index (κ1) is 16.5. The molecule has 1 N–H and O–H groups in total. The highest BCUT2D eigenvalue weighted by Gasteiger charge is 2.32. The zero-order valence-corrected chi connectivity index (χ0v) is 13.8. The number of nitriles is 1. The van der Waals surface area contributed by atoms with Crippen molar-refractivity contribution in [2.45, 2.75) is 46.5 Å². The first-order valence-electron chi connectivity index (χ1n) is 8.28. The highest BCUT2D eigenvalue weighted by atomic mass is 16.1. The van der Waals surface area contributed by atoms with Crippen molar-refractivity contribution in [2.75, 3.05) is 5.32 Å². The Balaban J connectivity index is 1.91. The fourth-order valence-electron chi connectivity index (χ4n) is 3.69. The summed E-state index contributed by atoms with van der Waals surface area (Å²) in [5.74, 6) is 2.33. The Kier molecular flexibility index (Phi) is 5.60. The predicted molar refractivity (Wildman–Crippen MR) is 89.2 cm³/mol. The minimum absolute atomic E-state index is 0.129. The summed E-state index contributed by atoms with van der Waals surface area (Å²) in [7, 11) is 0. The Morgan fingerprint density at radius 1 is 1.32 bits per heavy atom. The van der Waals surface area contributed by atoms with Gasteiger partial charge in [-0.15, -0.1) is 0 Å². The molecule has 1 fully saturated rings. The molecule has 118 valence electrons. The monoisotopic (exact) mass is 298 g/mol. The van der Waals surface area contributed by atoms with E-state index in [9.17, 15) is 4.79 Å². The number of hydrogen-bond acceptors (Lipinski definition) is 2. The average Bonchev–Trinajstić information content (AvgIpc) is 2.49. The molecule has 0 aliphatic heterocycles. The SMILES string of the molecule is CC(C)[C@@H]1CC[C@@H](C(=O)Nc2ccc(CC#N)cc2)C[C@H]1C. The van der Waals surface area contributed by atoms with Gasteiger partial charge in [-0.05, 0) is 54.7 Å². The molecule has 1 aliphatic carbocycles. The molecule has 3 nitrogen and oxygen atoms in total. The van der Waals surface area contributed by atoms with E-state index in [4.69, 9.17) is 5.26 Å². The third-order valence-electron chi connectivity index (χ3n) is 4.97. The van der Waals surface area contributed by atoms with E-state index in [0.717, 1.165) is 36.4 Å². The summed E-state index contributed by atoms with van der Waals surface area (Å²) in [6.45, 7) is 6.84. The van der Waals surface area contributed by atoms with Crippen molar-refractivity contribution < 1.29 is 4.79 Å². The van der Waals surface area contributed by atoms with E-state index in [1.54, 1.807) is 0 Å². The van der Waals surface area contributed by atoms with E-state index in [1.807, 2.05) is 24.3 Å². The molecule has 0 unspecified atom stereocenters. The van der Waals surface area contributed by atoms with Crippen LogP contribution in [-0.4, -0.2) is 5.91 Å². The third-order valence-corrected chi connectivity index (χ3v) is 4.97. The van der Waals surface area contributed by atoms with E-state index in [1.165, 1.54) is 0 Å². The largest absolute Gasteiger partial charge is 0.326 e. The standard InChI is InChI=1S/C19H26N2O/c1-13(2)18-9-6-16(12-14(18)3)19(22)21-17-7-4-15(5-8-17)10-11-20/h4-5,7-8,13-14,16,18H,6,9-10,12H2,1-3H3,(H,21,22)/t14-,16-,18+/m1/s1. The maximum absolute atomic E-state index is 12.4. The molecule has 0 aromatic heterocycles. The number of benzene rings is 1. The van der Waals surface area contributed by atoms with E-state index < -0.39 is 0 Å². The lowest BCUT2D eigenvalue weighted by Gasteiger charge is -2.35. The fourth-order valence-corrected chi connectivity index (χ4v) is 3.69. The molecule has 1 amide bonds. The van der Waals surface area contributed by atoms with Crippen LogP contribution in [0.1, 0.15) is 45.6 Å². The van der Waals surface area contributed by atoms with Crippen LogP contribution in [0.3, 0.4) is 0 Å². The Morgan fingerprint density at radius 3 is 2.55 bits per heavy atom. The van der Waals surface area contributed by atoms with Crippen LogP contribution in [-0.2, 0) is 11.2 Å². The van der Waals surface area contributed by atoms with Gasteiger partial charge < -0.3 is 5.32 Å². The van der Waals surface area contributed by atoms with Crippen LogP contribution >= 0.6 is 0 Å². The number of carbonyl (C=O) groups excluding carboxylic acids is 1. The lowest BCUT2D eigenvalue weighted by Crippen LogP contribution is -2.33. The molecule has 1 aliphatic rings. The molecular weight excluding hydrogens is 272 g/mol. The van der Waals surface area contributed by atoms with Crippen molar-refractivity contribution in [3.8, 4) is 6.07 Å². The van der Waals surface area contributed by atoms with Gasteiger partial charge in [0.1, 0.15) is 0 Å². The van der Waals surface area contributed by atoms with Gasteiger partial charge in [-0.2, -0.15) is 5.26 Å². The summed E-state index contributed by atoms with van der Waals surface area (Å²) < 4.78 is 0. The Bertz CT molecular complexity index is 542. The van der Waals surface area contributed by atoms with Crippen LogP contribution in [0.2, 0.25) is 0 Å². The molecule has 0 saturated heterocycles. The quantitative estimate of drug-likeness (QED) is 0.895. The summed E-state index contributed by atoms with van der Waals surface area (Å²) in [6, 6.07) is 9.69. The van der Waals surface area contributed by atoms with Crippen LogP contribution in [0.4, 0.5) is 5.69 Å². The molecule has 0 heterocycles. The van der Waals surface area contributed by atoms with Gasteiger partial charge in [0, 0.05) is 11.6 Å². The smallest absolute Gasteiger partial charge is 0.227 e. The van der Waals surface area contributed by atoms with E-state index >= 15 is 0 Å². The maximum Gasteiger partial charge on any atom is 0.227 e. The van der Waals surface area contributed by atoms with Crippen LogP contribution in [0.15, 0.2) is 24.3 Å². The Hall–Kier alpha value is -1.82. The number of nitrogens with one attached hydrogen (secondary N) is 1. The van der Waals surface area contributed by atoms with E-state index in [2.05, 4.69) is 32.2 Å². The molecule has 1 saturated carbocycles. The van der Waals surface area contributed by atoms with Crippen LogP contribution < -0.4 is 5.32 Å². The van der Waals surface area contributed by atoms with E-state index in [-0.39, 0.29) is 11.8 Å². The molecule has 22 heavy (non-hydrogen) atoms. The molecule has 2 rings (SSSR count). The highest BCUT2D eigenvalue weighted by molar-refractivity contribution is 5.92. The molecule has 0 radical (unpaired) electrons. The number of nitrogens with zero attached hydrogens (tertiary/aromatic N) is 1. The van der Waals surface area contributed by atoms with Gasteiger partial charge in [0.15, 0.2) is 0 Å². The minimum Gasteiger partial charge on any atom is -0.326 e. The predicted octanol–water partition coefficient (Wildman–Crippen LogP) is 4.40. The molecular formula is C19H26N2O. The Morgan fingerprint density at radius 2 is 2.00 bits per heavy atom. The van der Waals surface area contributed by atoms with Crippen LogP contribution in [0.5, 0.6) is 0 Å². The highest BCUT2D eigenvalue weighted by Crippen LogP contribution is 2.38.